The van der Waals surface area contributed by atoms with E-state index in [2.05, 4.69) is 13.8 Å². The Hall–Kier alpha value is -0.0800. The highest BCUT2D eigenvalue weighted by Gasteiger charge is 2.43. The van der Waals surface area contributed by atoms with Crippen LogP contribution in [0.1, 0.15) is 33.1 Å². The van der Waals surface area contributed by atoms with Crippen molar-refractivity contribution in [1.82, 2.24) is 0 Å². The average molecular weight is 172 g/mol. The third-order valence-corrected chi connectivity index (χ3v) is 3.08. The maximum atomic E-state index is 10.0. The zero-order valence-electron chi connectivity index (χ0n) is 8.34. The summed E-state index contributed by atoms with van der Waals surface area (Å²) < 4.78 is 4.99. The van der Waals surface area contributed by atoms with Gasteiger partial charge >= 0.3 is 0 Å². The standard InChI is InChI=1S/C10H20O2/c1-8-6-10(11,7-8)9(2)4-5-12-3/h8-9,11H,4-7H2,1-3H3. The van der Waals surface area contributed by atoms with Gasteiger partial charge in [-0.05, 0) is 31.1 Å². The Morgan fingerprint density at radius 1 is 1.58 bits per heavy atom. The van der Waals surface area contributed by atoms with E-state index < -0.39 is 0 Å². The van der Waals surface area contributed by atoms with Crippen LogP contribution in [0.15, 0.2) is 0 Å². The molecule has 0 radical (unpaired) electrons. The summed E-state index contributed by atoms with van der Waals surface area (Å²) in [5, 5.41) is 10.0. The second-order valence-corrected chi connectivity index (χ2v) is 4.30. The largest absolute Gasteiger partial charge is 0.390 e. The van der Waals surface area contributed by atoms with Crippen molar-refractivity contribution < 1.29 is 9.84 Å². The van der Waals surface area contributed by atoms with E-state index in [0.717, 1.165) is 25.9 Å². The van der Waals surface area contributed by atoms with Crippen LogP contribution in [-0.2, 0) is 4.74 Å². The van der Waals surface area contributed by atoms with Gasteiger partial charge in [-0.2, -0.15) is 0 Å². The number of ether oxygens (including phenoxy) is 1. The monoisotopic (exact) mass is 172 g/mol. The Morgan fingerprint density at radius 3 is 2.58 bits per heavy atom. The van der Waals surface area contributed by atoms with E-state index in [1.54, 1.807) is 7.11 Å². The van der Waals surface area contributed by atoms with Crippen LogP contribution < -0.4 is 0 Å². The van der Waals surface area contributed by atoms with Gasteiger partial charge in [-0.15, -0.1) is 0 Å². The first-order chi connectivity index (χ1) is 5.58. The Labute approximate surface area is 74.9 Å². The van der Waals surface area contributed by atoms with Gasteiger partial charge in [0.1, 0.15) is 0 Å². The molecule has 1 saturated carbocycles. The van der Waals surface area contributed by atoms with E-state index >= 15 is 0 Å². The average Bonchev–Trinajstić information content (AvgIpc) is 1.97. The van der Waals surface area contributed by atoms with Gasteiger partial charge in [0.2, 0.25) is 0 Å². The lowest BCUT2D eigenvalue weighted by atomic mass is 9.65. The predicted molar refractivity (Wildman–Crippen MR) is 49.0 cm³/mol. The summed E-state index contributed by atoms with van der Waals surface area (Å²) in [5.41, 5.74) is -0.377. The van der Waals surface area contributed by atoms with E-state index in [1.807, 2.05) is 0 Å². The molecule has 0 aromatic rings. The first-order valence-electron chi connectivity index (χ1n) is 4.80. The van der Waals surface area contributed by atoms with Crippen LogP contribution >= 0.6 is 0 Å². The highest BCUT2D eigenvalue weighted by Crippen LogP contribution is 2.43. The third kappa shape index (κ3) is 1.99. The molecule has 0 aromatic carbocycles. The predicted octanol–water partition coefficient (Wildman–Crippen LogP) is 1.82. The minimum Gasteiger partial charge on any atom is -0.390 e. The molecule has 0 aliphatic heterocycles. The van der Waals surface area contributed by atoms with Crippen LogP contribution in [0.4, 0.5) is 0 Å². The minimum atomic E-state index is -0.377. The molecule has 1 N–H and O–H groups in total. The number of hydrogen-bond donors (Lipinski definition) is 1. The number of hydrogen-bond acceptors (Lipinski definition) is 2. The Bertz CT molecular complexity index is 139. The second kappa shape index (κ2) is 3.75. The van der Waals surface area contributed by atoms with Crippen LogP contribution in [0.5, 0.6) is 0 Å². The molecular formula is C10H20O2. The topological polar surface area (TPSA) is 29.5 Å². The molecule has 0 saturated heterocycles. The van der Waals surface area contributed by atoms with Crippen molar-refractivity contribution in [2.75, 3.05) is 13.7 Å². The molecule has 0 heterocycles. The quantitative estimate of drug-likeness (QED) is 0.701. The molecule has 0 spiro atoms. The van der Waals surface area contributed by atoms with Crippen LogP contribution in [-0.4, -0.2) is 24.4 Å². The van der Waals surface area contributed by atoms with Gasteiger partial charge in [-0.1, -0.05) is 13.8 Å². The molecular weight excluding hydrogens is 152 g/mol. The smallest absolute Gasteiger partial charge is 0.0679 e. The number of aliphatic hydroxyl groups is 1. The number of rotatable bonds is 4. The lowest BCUT2D eigenvalue weighted by molar-refractivity contribution is -0.113. The molecule has 12 heavy (non-hydrogen) atoms. The molecule has 0 aromatic heterocycles. The van der Waals surface area contributed by atoms with E-state index in [0.29, 0.717) is 11.8 Å². The zero-order chi connectivity index (χ0) is 9.19. The Balaban J connectivity index is 2.27. The van der Waals surface area contributed by atoms with Crippen molar-refractivity contribution in [3.63, 3.8) is 0 Å². The maximum absolute atomic E-state index is 10.0. The van der Waals surface area contributed by atoms with Crippen LogP contribution in [0.25, 0.3) is 0 Å². The first kappa shape index (κ1) is 10.0. The maximum Gasteiger partial charge on any atom is 0.0679 e. The molecule has 1 aliphatic rings. The van der Waals surface area contributed by atoms with E-state index in [9.17, 15) is 5.11 Å². The van der Waals surface area contributed by atoms with Crippen molar-refractivity contribution in [1.29, 1.82) is 0 Å². The zero-order valence-corrected chi connectivity index (χ0v) is 8.34. The van der Waals surface area contributed by atoms with E-state index in [1.165, 1.54) is 0 Å². The van der Waals surface area contributed by atoms with Gasteiger partial charge in [0, 0.05) is 13.7 Å². The fraction of sp³-hybridized carbons (Fsp3) is 1.00. The summed E-state index contributed by atoms with van der Waals surface area (Å²) >= 11 is 0. The molecule has 0 amide bonds. The molecule has 1 fully saturated rings. The Kier molecular flexibility index (Phi) is 3.13. The summed E-state index contributed by atoms with van der Waals surface area (Å²) in [6.45, 7) is 5.07. The minimum absolute atomic E-state index is 0.377. The summed E-state index contributed by atoms with van der Waals surface area (Å²) in [6.07, 6.45) is 2.91. The fourth-order valence-corrected chi connectivity index (χ4v) is 2.11. The SMILES string of the molecule is COCCC(C)C1(O)CC(C)C1. The molecule has 1 rings (SSSR count). The number of methoxy groups -OCH3 is 1. The molecule has 72 valence electrons. The lowest BCUT2D eigenvalue weighted by Crippen LogP contribution is -2.48. The van der Waals surface area contributed by atoms with E-state index in [4.69, 9.17) is 4.74 Å². The summed E-state index contributed by atoms with van der Waals surface area (Å²) in [7, 11) is 1.71. The van der Waals surface area contributed by atoms with Crippen molar-refractivity contribution in [3.8, 4) is 0 Å². The highest BCUT2D eigenvalue weighted by atomic mass is 16.5. The van der Waals surface area contributed by atoms with Crippen molar-refractivity contribution in [3.05, 3.63) is 0 Å². The van der Waals surface area contributed by atoms with Crippen molar-refractivity contribution in [2.24, 2.45) is 11.8 Å². The normalized spacial score (nSPS) is 37.5. The summed E-state index contributed by atoms with van der Waals surface area (Å²) in [6, 6.07) is 0. The fourth-order valence-electron chi connectivity index (χ4n) is 2.11. The first-order valence-corrected chi connectivity index (χ1v) is 4.80. The molecule has 2 heteroatoms. The summed E-state index contributed by atoms with van der Waals surface area (Å²) in [4.78, 5) is 0. The van der Waals surface area contributed by atoms with Crippen molar-refractivity contribution >= 4 is 0 Å². The van der Waals surface area contributed by atoms with Gasteiger partial charge in [-0.25, -0.2) is 0 Å². The van der Waals surface area contributed by atoms with Crippen LogP contribution in [0, 0.1) is 11.8 Å². The molecule has 1 unspecified atom stereocenters. The highest BCUT2D eigenvalue weighted by molar-refractivity contribution is 4.95. The van der Waals surface area contributed by atoms with Crippen LogP contribution in [0.2, 0.25) is 0 Å². The van der Waals surface area contributed by atoms with Gasteiger partial charge in [0.15, 0.2) is 0 Å². The van der Waals surface area contributed by atoms with Gasteiger partial charge in [0.25, 0.3) is 0 Å². The van der Waals surface area contributed by atoms with Crippen LogP contribution in [0.3, 0.4) is 0 Å². The molecule has 2 nitrogen and oxygen atoms in total. The van der Waals surface area contributed by atoms with Gasteiger partial charge < -0.3 is 9.84 Å². The van der Waals surface area contributed by atoms with Crippen molar-refractivity contribution in [2.45, 2.75) is 38.7 Å². The van der Waals surface area contributed by atoms with Gasteiger partial charge in [-0.3, -0.25) is 0 Å². The summed E-state index contributed by atoms with van der Waals surface area (Å²) in [5.74, 6) is 1.09. The lowest BCUT2D eigenvalue weighted by Gasteiger charge is -2.46. The second-order valence-electron chi connectivity index (χ2n) is 4.30. The van der Waals surface area contributed by atoms with Gasteiger partial charge in [0.05, 0.1) is 5.60 Å². The van der Waals surface area contributed by atoms with E-state index in [-0.39, 0.29) is 5.60 Å². The third-order valence-electron chi connectivity index (χ3n) is 3.08. The molecule has 1 aliphatic carbocycles. The molecule has 1 atom stereocenters. The molecule has 0 bridgehead atoms. The Morgan fingerprint density at radius 2 is 2.17 bits per heavy atom.